The highest BCUT2D eigenvalue weighted by atomic mass is 79.9. The number of fused-ring (bicyclic) bond motifs is 1. The van der Waals surface area contributed by atoms with Gasteiger partial charge >= 0.3 is 12.1 Å². The minimum absolute atomic E-state index is 0.00771. The standard InChI is InChI=1S/C30H35BrClN5O9S2/c1-29(2,3)45-28(41)35-27-34-18(22(31)47-27)19(36-46-30(4,5)6)23(38)33-20-24(39)37-21(16(12-32)14-48(42)25(20)37)26(40)44-13-15-8-10-17(43-7)11-9-15/h8-11,20,25H,12-14H2,1-7H3,(H,33,38)(H,34,35,41)/b36-19-. The Morgan fingerprint density at radius 1 is 1.15 bits per heavy atom. The molecule has 48 heavy (non-hydrogen) atoms. The minimum atomic E-state index is -1.73. The molecule has 3 atom stereocenters. The van der Waals surface area contributed by atoms with E-state index in [1.54, 1.807) is 65.8 Å². The Kier molecular flexibility index (Phi) is 11.6. The van der Waals surface area contributed by atoms with Crippen LogP contribution in [-0.2, 0) is 46.1 Å². The number of halogens is 2. The van der Waals surface area contributed by atoms with Gasteiger partial charge in [0.05, 0.1) is 23.7 Å². The third-order valence-electron chi connectivity index (χ3n) is 6.42. The Labute approximate surface area is 297 Å². The number of rotatable bonds is 10. The molecule has 3 unspecified atom stereocenters. The number of oxime groups is 1. The summed E-state index contributed by atoms with van der Waals surface area (Å²) in [7, 11) is -0.193. The zero-order valence-electron chi connectivity index (χ0n) is 27.2. The first-order valence-corrected chi connectivity index (χ1v) is 18.0. The van der Waals surface area contributed by atoms with Gasteiger partial charge < -0.3 is 24.4 Å². The summed E-state index contributed by atoms with van der Waals surface area (Å²) < 4.78 is 29.5. The molecule has 1 saturated heterocycles. The zero-order valence-corrected chi connectivity index (χ0v) is 31.1. The molecule has 2 aromatic rings. The third-order valence-corrected chi connectivity index (χ3v) is 10.0. The van der Waals surface area contributed by atoms with Crippen molar-refractivity contribution >= 4 is 84.4 Å². The SMILES string of the molecule is COc1ccc(COC(=O)C2=C(CCl)CS(=O)C3C(NC(=O)/C(=N\OC(C)(C)C)c4nc(NC(=O)OC(C)(C)C)sc4Br)C(=O)N23)cc1. The number of aromatic nitrogens is 1. The third kappa shape index (κ3) is 8.92. The molecule has 4 rings (SSSR count). The largest absolute Gasteiger partial charge is 0.497 e. The second-order valence-corrected chi connectivity index (χ2v) is 16.6. The number of ether oxygens (including phenoxy) is 3. The van der Waals surface area contributed by atoms with Gasteiger partial charge in [-0.15, -0.1) is 11.6 Å². The number of thiazole rings is 1. The summed E-state index contributed by atoms with van der Waals surface area (Å²) in [6.07, 6.45) is -0.758. The van der Waals surface area contributed by atoms with Gasteiger partial charge in [0.25, 0.3) is 11.8 Å². The van der Waals surface area contributed by atoms with E-state index in [4.69, 9.17) is 30.6 Å². The highest BCUT2D eigenvalue weighted by Crippen LogP contribution is 2.36. The van der Waals surface area contributed by atoms with Gasteiger partial charge in [-0.3, -0.25) is 24.0 Å². The Morgan fingerprint density at radius 3 is 2.40 bits per heavy atom. The molecular formula is C30H35BrClN5O9S2. The van der Waals surface area contributed by atoms with Crippen molar-refractivity contribution in [2.75, 3.05) is 24.1 Å². The van der Waals surface area contributed by atoms with Gasteiger partial charge in [0.1, 0.15) is 50.2 Å². The number of carbonyl (C=O) groups is 4. The van der Waals surface area contributed by atoms with Gasteiger partial charge in [-0.1, -0.05) is 28.6 Å². The number of hydrogen-bond acceptors (Lipinski definition) is 12. The summed E-state index contributed by atoms with van der Waals surface area (Å²) in [5.41, 5.74) is -1.05. The highest BCUT2D eigenvalue weighted by molar-refractivity contribution is 9.11. The molecule has 0 radical (unpaired) electrons. The normalized spacial score (nSPS) is 19.6. The summed E-state index contributed by atoms with van der Waals surface area (Å²) >= 11 is 10.5. The van der Waals surface area contributed by atoms with E-state index in [0.717, 1.165) is 16.2 Å². The number of alkyl halides is 1. The number of β-lactam (4-membered cyclic amide) rings is 1. The molecule has 1 aromatic carbocycles. The monoisotopic (exact) mass is 787 g/mol. The van der Waals surface area contributed by atoms with Crippen LogP contribution >= 0.6 is 38.9 Å². The van der Waals surface area contributed by atoms with Crippen LogP contribution in [0.15, 0.2) is 44.5 Å². The first-order chi connectivity index (χ1) is 22.4. The molecule has 1 aromatic heterocycles. The van der Waals surface area contributed by atoms with Crippen molar-refractivity contribution in [2.45, 2.75) is 70.8 Å². The number of methoxy groups -OCH3 is 1. The molecule has 14 nitrogen and oxygen atoms in total. The molecule has 260 valence electrons. The summed E-state index contributed by atoms with van der Waals surface area (Å²) in [4.78, 5) is 63.7. The van der Waals surface area contributed by atoms with E-state index >= 15 is 0 Å². The first-order valence-electron chi connectivity index (χ1n) is 14.4. The van der Waals surface area contributed by atoms with Crippen LogP contribution in [0.2, 0.25) is 0 Å². The van der Waals surface area contributed by atoms with Crippen molar-refractivity contribution in [3.8, 4) is 5.75 Å². The topological polar surface area (TPSA) is 175 Å². The Balaban J connectivity index is 1.55. The lowest BCUT2D eigenvalue weighted by atomic mass is 10.0. The lowest BCUT2D eigenvalue weighted by molar-refractivity contribution is -0.153. The number of amides is 3. The molecule has 3 heterocycles. The van der Waals surface area contributed by atoms with Crippen LogP contribution in [0.3, 0.4) is 0 Å². The molecule has 2 aliphatic heterocycles. The van der Waals surface area contributed by atoms with E-state index in [1.807, 2.05) is 0 Å². The van der Waals surface area contributed by atoms with Gasteiger partial charge in [-0.2, -0.15) is 0 Å². The van der Waals surface area contributed by atoms with Crippen LogP contribution in [0.25, 0.3) is 0 Å². The van der Waals surface area contributed by atoms with E-state index < -0.39 is 57.3 Å². The van der Waals surface area contributed by atoms with E-state index in [9.17, 15) is 23.4 Å². The van der Waals surface area contributed by atoms with Gasteiger partial charge in [0, 0.05) is 5.88 Å². The summed E-state index contributed by atoms with van der Waals surface area (Å²) in [5, 5.41) is 8.14. The average Bonchev–Trinajstić information content (AvgIpc) is 3.35. The molecule has 1 fully saturated rings. The maximum Gasteiger partial charge on any atom is 0.413 e. The fourth-order valence-electron chi connectivity index (χ4n) is 4.36. The van der Waals surface area contributed by atoms with Crippen LogP contribution in [0.5, 0.6) is 5.75 Å². The quantitative estimate of drug-likeness (QED) is 0.115. The molecule has 2 aliphatic rings. The van der Waals surface area contributed by atoms with Crippen LogP contribution in [-0.4, -0.2) is 85.0 Å². The number of hydrogen-bond donors (Lipinski definition) is 2. The molecule has 0 saturated carbocycles. The number of nitrogens with one attached hydrogen (secondary N) is 2. The smallest absolute Gasteiger partial charge is 0.413 e. The maximum absolute atomic E-state index is 13.7. The van der Waals surface area contributed by atoms with Crippen molar-refractivity contribution in [1.82, 2.24) is 15.2 Å². The molecular weight excluding hydrogens is 754 g/mol. The van der Waals surface area contributed by atoms with E-state index in [-0.39, 0.29) is 46.0 Å². The van der Waals surface area contributed by atoms with E-state index in [1.165, 1.54) is 7.11 Å². The van der Waals surface area contributed by atoms with Crippen molar-refractivity contribution < 1.29 is 42.4 Å². The van der Waals surface area contributed by atoms with Crippen LogP contribution in [0, 0.1) is 0 Å². The summed E-state index contributed by atoms with van der Waals surface area (Å²) in [6, 6.07) is 5.59. The predicted octanol–water partition coefficient (Wildman–Crippen LogP) is 4.43. The zero-order chi connectivity index (χ0) is 35.6. The van der Waals surface area contributed by atoms with Gasteiger partial charge in [0.2, 0.25) is 0 Å². The van der Waals surface area contributed by atoms with Crippen molar-refractivity contribution in [1.29, 1.82) is 0 Å². The van der Waals surface area contributed by atoms with Crippen molar-refractivity contribution in [3.63, 3.8) is 0 Å². The summed E-state index contributed by atoms with van der Waals surface area (Å²) in [6.45, 7) is 10.2. The summed E-state index contributed by atoms with van der Waals surface area (Å²) in [5.74, 6) is -2.03. The molecule has 18 heteroatoms. The number of nitrogens with zero attached hydrogens (tertiary/aromatic N) is 3. The first kappa shape index (κ1) is 37.3. The Bertz CT molecular complexity index is 1680. The average molecular weight is 789 g/mol. The fourth-order valence-corrected chi connectivity index (χ4v) is 7.79. The lowest BCUT2D eigenvalue weighted by Crippen LogP contribution is -2.74. The van der Waals surface area contributed by atoms with Crippen molar-refractivity contribution in [2.24, 2.45) is 5.16 Å². The van der Waals surface area contributed by atoms with E-state index in [0.29, 0.717) is 15.1 Å². The second kappa shape index (κ2) is 14.9. The molecule has 0 aliphatic carbocycles. The van der Waals surface area contributed by atoms with Gasteiger partial charge in [-0.05, 0) is 80.7 Å². The Hall–Kier alpha value is -3.54. The number of benzene rings is 1. The van der Waals surface area contributed by atoms with Gasteiger partial charge in [-0.25, -0.2) is 14.6 Å². The molecule has 2 N–H and O–H groups in total. The number of carbonyl (C=O) groups excluding carboxylic acids is 4. The second-order valence-electron chi connectivity index (χ2n) is 12.5. The predicted molar refractivity (Wildman–Crippen MR) is 183 cm³/mol. The van der Waals surface area contributed by atoms with E-state index in [2.05, 4.69) is 36.7 Å². The Morgan fingerprint density at radius 2 is 1.81 bits per heavy atom. The lowest BCUT2D eigenvalue weighted by Gasteiger charge is -2.49. The number of esters is 1. The van der Waals surface area contributed by atoms with Crippen molar-refractivity contribution in [3.05, 3.63) is 50.6 Å². The van der Waals surface area contributed by atoms with Crippen LogP contribution in [0.4, 0.5) is 9.93 Å². The minimum Gasteiger partial charge on any atom is -0.497 e. The van der Waals surface area contributed by atoms with Gasteiger partial charge in [0.15, 0.2) is 10.8 Å². The maximum atomic E-state index is 13.7. The fraction of sp³-hybridized carbons (Fsp3) is 0.467. The molecule has 3 amide bonds. The van der Waals surface area contributed by atoms with Crippen LogP contribution in [0.1, 0.15) is 52.8 Å². The highest BCUT2D eigenvalue weighted by Gasteiger charge is 2.57. The number of anilines is 1. The molecule has 0 bridgehead atoms. The van der Waals surface area contributed by atoms with Crippen LogP contribution < -0.4 is 15.4 Å². The molecule has 0 spiro atoms.